The van der Waals surface area contributed by atoms with E-state index in [0.29, 0.717) is 29.3 Å². The van der Waals surface area contributed by atoms with Crippen molar-refractivity contribution in [3.8, 4) is 5.75 Å². The average molecular weight is 415 g/mol. The molecule has 0 saturated heterocycles. The van der Waals surface area contributed by atoms with E-state index in [-0.39, 0.29) is 25.0 Å². The van der Waals surface area contributed by atoms with E-state index >= 15 is 0 Å². The summed E-state index contributed by atoms with van der Waals surface area (Å²) < 4.78 is 15.2. The molecule has 0 aliphatic rings. The summed E-state index contributed by atoms with van der Waals surface area (Å²) in [6, 6.07) is 13.2. The average Bonchev–Trinajstić information content (AvgIpc) is 2.72. The van der Waals surface area contributed by atoms with Crippen molar-refractivity contribution >= 4 is 29.3 Å². The van der Waals surface area contributed by atoms with Crippen molar-refractivity contribution in [1.29, 1.82) is 0 Å². The number of hydrogen-bond acceptors (Lipinski definition) is 6. The number of carbonyl (C=O) groups is 3. The van der Waals surface area contributed by atoms with Gasteiger partial charge in [-0.15, -0.1) is 0 Å². The number of anilines is 2. The molecule has 9 nitrogen and oxygen atoms in total. The molecule has 2 N–H and O–H groups in total. The molecule has 2 aromatic carbocycles. The lowest BCUT2D eigenvalue weighted by Crippen LogP contribution is -2.27. The van der Waals surface area contributed by atoms with Gasteiger partial charge in [-0.3, -0.25) is 14.9 Å². The second-order valence-corrected chi connectivity index (χ2v) is 6.39. The van der Waals surface area contributed by atoms with Crippen LogP contribution in [0.15, 0.2) is 48.5 Å². The molecule has 0 aliphatic carbocycles. The van der Waals surface area contributed by atoms with Crippen LogP contribution in [-0.2, 0) is 14.3 Å². The van der Waals surface area contributed by atoms with Crippen molar-refractivity contribution in [3.63, 3.8) is 0 Å². The molecule has 0 fully saturated rings. The number of hydrogen-bond donors (Lipinski definition) is 2. The van der Waals surface area contributed by atoms with Gasteiger partial charge in [0.05, 0.1) is 6.61 Å². The molecular formula is C21H25N3O6. The summed E-state index contributed by atoms with van der Waals surface area (Å²) in [5.74, 6) is -0.138. The van der Waals surface area contributed by atoms with Gasteiger partial charge in [0.25, 0.3) is 11.8 Å². The Bertz CT molecular complexity index is 885. The van der Waals surface area contributed by atoms with Gasteiger partial charge < -0.3 is 24.4 Å². The first-order valence-electron chi connectivity index (χ1n) is 9.16. The Morgan fingerprint density at radius 1 is 0.933 bits per heavy atom. The molecule has 2 aromatic rings. The second-order valence-electron chi connectivity index (χ2n) is 6.39. The fourth-order valence-electron chi connectivity index (χ4n) is 2.25. The zero-order chi connectivity index (χ0) is 21.9. The summed E-state index contributed by atoms with van der Waals surface area (Å²) >= 11 is 0. The highest BCUT2D eigenvalue weighted by molar-refractivity contribution is 6.04. The summed E-state index contributed by atoms with van der Waals surface area (Å²) in [6.45, 7) is 0.319. The van der Waals surface area contributed by atoms with Gasteiger partial charge in [-0.2, -0.15) is 0 Å². The fourth-order valence-corrected chi connectivity index (χ4v) is 2.25. The number of benzene rings is 2. The molecule has 0 aromatic heterocycles. The molecule has 0 radical (unpaired) electrons. The minimum atomic E-state index is -0.618. The molecule has 0 unspecified atom stereocenters. The van der Waals surface area contributed by atoms with E-state index in [1.54, 1.807) is 62.6 Å². The first kappa shape index (κ1) is 22.7. The summed E-state index contributed by atoms with van der Waals surface area (Å²) in [6.07, 6.45) is -0.618. The summed E-state index contributed by atoms with van der Waals surface area (Å²) in [5.41, 5.74) is 1.32. The van der Waals surface area contributed by atoms with Gasteiger partial charge in [-0.05, 0) is 36.4 Å². The van der Waals surface area contributed by atoms with E-state index in [9.17, 15) is 14.4 Å². The van der Waals surface area contributed by atoms with Gasteiger partial charge >= 0.3 is 6.09 Å². The van der Waals surface area contributed by atoms with Crippen LogP contribution in [0.25, 0.3) is 0 Å². The van der Waals surface area contributed by atoms with Crippen molar-refractivity contribution in [2.75, 3.05) is 51.7 Å². The molecule has 0 atom stereocenters. The number of methoxy groups -OCH3 is 1. The van der Waals surface area contributed by atoms with Gasteiger partial charge in [0.1, 0.15) is 12.4 Å². The van der Waals surface area contributed by atoms with E-state index < -0.39 is 6.09 Å². The topological polar surface area (TPSA) is 106 Å². The van der Waals surface area contributed by atoms with Crippen LogP contribution < -0.4 is 15.4 Å². The van der Waals surface area contributed by atoms with Gasteiger partial charge in [0.15, 0.2) is 6.61 Å². The Kier molecular flexibility index (Phi) is 8.64. The van der Waals surface area contributed by atoms with E-state index in [0.717, 1.165) is 0 Å². The quantitative estimate of drug-likeness (QED) is 0.610. The molecule has 9 heteroatoms. The zero-order valence-corrected chi connectivity index (χ0v) is 17.1. The molecule has 0 spiro atoms. The van der Waals surface area contributed by atoms with Gasteiger partial charge in [-0.1, -0.05) is 12.1 Å². The SMILES string of the molecule is COCCOC(=O)Nc1cccc(NC(=O)c2cccc(OCC(=O)N(C)C)c2)c1. The lowest BCUT2D eigenvalue weighted by molar-refractivity contribution is -0.130. The largest absolute Gasteiger partial charge is 0.484 e. The maximum Gasteiger partial charge on any atom is 0.411 e. The lowest BCUT2D eigenvalue weighted by Gasteiger charge is -2.12. The van der Waals surface area contributed by atoms with Crippen molar-refractivity contribution in [1.82, 2.24) is 4.90 Å². The maximum absolute atomic E-state index is 12.6. The third-order valence-electron chi connectivity index (χ3n) is 3.84. The third kappa shape index (κ3) is 7.44. The van der Waals surface area contributed by atoms with E-state index in [2.05, 4.69) is 10.6 Å². The van der Waals surface area contributed by atoms with Crippen LogP contribution in [0.3, 0.4) is 0 Å². The van der Waals surface area contributed by atoms with E-state index in [1.165, 1.54) is 12.0 Å². The number of rotatable bonds is 9. The lowest BCUT2D eigenvalue weighted by atomic mass is 10.2. The van der Waals surface area contributed by atoms with E-state index in [1.807, 2.05) is 0 Å². The monoisotopic (exact) mass is 415 g/mol. The van der Waals surface area contributed by atoms with Crippen LogP contribution >= 0.6 is 0 Å². The van der Waals surface area contributed by atoms with Crippen LogP contribution in [0.1, 0.15) is 10.4 Å². The predicted octanol–water partition coefficient (Wildman–Crippen LogP) is 2.60. The summed E-state index contributed by atoms with van der Waals surface area (Å²) in [7, 11) is 4.79. The molecule has 0 heterocycles. The van der Waals surface area contributed by atoms with E-state index in [4.69, 9.17) is 14.2 Å². The minimum Gasteiger partial charge on any atom is -0.484 e. The highest BCUT2D eigenvalue weighted by Crippen LogP contribution is 2.18. The first-order valence-corrected chi connectivity index (χ1v) is 9.16. The third-order valence-corrected chi connectivity index (χ3v) is 3.84. The first-order chi connectivity index (χ1) is 14.4. The number of nitrogens with zero attached hydrogens (tertiary/aromatic N) is 1. The Hall–Kier alpha value is -3.59. The standard InChI is InChI=1S/C21H25N3O6/c1-24(2)19(25)14-30-18-9-4-6-15(12-18)20(26)22-16-7-5-8-17(13-16)23-21(27)29-11-10-28-3/h4-9,12-13H,10-11,14H2,1-3H3,(H,22,26)(H,23,27). The Morgan fingerprint density at radius 3 is 2.33 bits per heavy atom. The molecule has 0 saturated carbocycles. The number of carbonyl (C=O) groups excluding carboxylic acids is 3. The number of nitrogens with one attached hydrogen (secondary N) is 2. The normalized spacial score (nSPS) is 10.1. The molecular weight excluding hydrogens is 390 g/mol. The number of likely N-dealkylation sites (N-methyl/N-ethyl adjacent to an activating group) is 1. The van der Waals surface area contributed by atoms with Crippen LogP contribution in [0.4, 0.5) is 16.2 Å². The van der Waals surface area contributed by atoms with Crippen LogP contribution in [0.2, 0.25) is 0 Å². The van der Waals surface area contributed by atoms with Crippen LogP contribution in [-0.4, -0.2) is 63.8 Å². The summed E-state index contributed by atoms with van der Waals surface area (Å²) in [5, 5.41) is 5.33. The van der Waals surface area contributed by atoms with Crippen LogP contribution in [0.5, 0.6) is 5.75 Å². The van der Waals surface area contributed by atoms with Crippen molar-refractivity contribution < 1.29 is 28.6 Å². The number of amides is 3. The zero-order valence-electron chi connectivity index (χ0n) is 17.1. The smallest absolute Gasteiger partial charge is 0.411 e. The predicted molar refractivity (Wildman–Crippen MR) is 112 cm³/mol. The summed E-state index contributed by atoms with van der Waals surface area (Å²) in [4.78, 5) is 37.3. The highest BCUT2D eigenvalue weighted by atomic mass is 16.6. The van der Waals surface area contributed by atoms with Gasteiger partial charge in [0.2, 0.25) is 0 Å². The minimum absolute atomic E-state index is 0.119. The highest BCUT2D eigenvalue weighted by Gasteiger charge is 2.10. The molecule has 0 aliphatic heterocycles. The molecule has 3 amide bonds. The molecule has 30 heavy (non-hydrogen) atoms. The molecule has 0 bridgehead atoms. The molecule has 2 rings (SSSR count). The van der Waals surface area contributed by atoms with Gasteiger partial charge in [-0.25, -0.2) is 4.79 Å². The Labute approximate surface area is 174 Å². The fraction of sp³-hybridized carbons (Fsp3) is 0.286. The van der Waals surface area contributed by atoms with Gasteiger partial charge in [0, 0.05) is 38.1 Å². The molecule has 160 valence electrons. The van der Waals surface area contributed by atoms with Crippen molar-refractivity contribution in [3.05, 3.63) is 54.1 Å². The van der Waals surface area contributed by atoms with Crippen molar-refractivity contribution in [2.45, 2.75) is 0 Å². The Balaban J connectivity index is 1.96. The maximum atomic E-state index is 12.6. The number of ether oxygens (including phenoxy) is 3. The second kappa shape index (κ2) is 11.4. The van der Waals surface area contributed by atoms with Crippen molar-refractivity contribution in [2.24, 2.45) is 0 Å². The van der Waals surface area contributed by atoms with Crippen LogP contribution in [0, 0.1) is 0 Å². The Morgan fingerprint density at radius 2 is 1.63 bits per heavy atom.